The zero-order chi connectivity index (χ0) is 12.3. The van der Waals surface area contributed by atoms with Gasteiger partial charge in [-0.25, -0.2) is 10.2 Å². The van der Waals surface area contributed by atoms with Crippen LogP contribution in [-0.2, 0) is 5.41 Å². The molecule has 0 spiro atoms. The summed E-state index contributed by atoms with van der Waals surface area (Å²) >= 11 is 0. The Morgan fingerprint density at radius 2 is 2.12 bits per heavy atom. The van der Waals surface area contributed by atoms with Crippen LogP contribution in [0.5, 0.6) is 0 Å². The van der Waals surface area contributed by atoms with Crippen LogP contribution in [0, 0.1) is 0 Å². The van der Waals surface area contributed by atoms with Crippen LogP contribution in [0.4, 0.5) is 4.79 Å². The Morgan fingerprint density at radius 1 is 1.41 bits per heavy atom. The van der Waals surface area contributed by atoms with Crippen LogP contribution >= 0.6 is 0 Å². The van der Waals surface area contributed by atoms with Crippen molar-refractivity contribution in [2.75, 3.05) is 0 Å². The van der Waals surface area contributed by atoms with Crippen LogP contribution in [0.3, 0.4) is 0 Å². The highest BCUT2D eigenvalue weighted by Crippen LogP contribution is 2.38. The lowest BCUT2D eigenvalue weighted by Crippen LogP contribution is -2.32. The van der Waals surface area contributed by atoms with Gasteiger partial charge in [0.25, 0.3) is 0 Å². The second-order valence-electron chi connectivity index (χ2n) is 4.59. The number of hydrogen-bond donors (Lipinski definition) is 2. The highest BCUT2D eigenvalue weighted by Gasteiger charge is 2.37. The van der Waals surface area contributed by atoms with Crippen molar-refractivity contribution < 1.29 is 4.79 Å². The molecule has 0 saturated heterocycles. The van der Waals surface area contributed by atoms with Crippen molar-refractivity contribution in [2.24, 2.45) is 10.8 Å². The number of urea groups is 1. The van der Waals surface area contributed by atoms with Gasteiger partial charge in [0.2, 0.25) is 0 Å². The highest BCUT2D eigenvalue weighted by molar-refractivity contribution is 5.97. The van der Waals surface area contributed by atoms with Gasteiger partial charge in [-0.2, -0.15) is 5.10 Å². The Morgan fingerprint density at radius 3 is 2.76 bits per heavy atom. The number of nitrogens with zero attached hydrogens (tertiary/aromatic N) is 1. The van der Waals surface area contributed by atoms with E-state index in [0.717, 1.165) is 25.0 Å². The van der Waals surface area contributed by atoms with Crippen LogP contribution in [0.2, 0.25) is 0 Å². The van der Waals surface area contributed by atoms with Gasteiger partial charge >= 0.3 is 6.03 Å². The van der Waals surface area contributed by atoms with Crippen LogP contribution < -0.4 is 11.2 Å². The topological polar surface area (TPSA) is 67.5 Å². The minimum absolute atomic E-state index is 0.0797. The predicted octanol–water partition coefficient (Wildman–Crippen LogP) is 2.15. The first-order valence-electron chi connectivity index (χ1n) is 5.81. The predicted molar refractivity (Wildman–Crippen MR) is 67.8 cm³/mol. The summed E-state index contributed by atoms with van der Waals surface area (Å²) in [5, 5.41) is 4.14. The molecule has 1 aliphatic rings. The molecule has 0 bridgehead atoms. The van der Waals surface area contributed by atoms with Crippen molar-refractivity contribution in [1.29, 1.82) is 0 Å². The Bertz CT molecular complexity index is 441. The maximum atomic E-state index is 10.7. The quantitative estimate of drug-likeness (QED) is 0.752. The van der Waals surface area contributed by atoms with Crippen LogP contribution in [0.15, 0.2) is 35.4 Å². The van der Waals surface area contributed by atoms with Crippen molar-refractivity contribution in [1.82, 2.24) is 5.43 Å². The number of nitrogens with one attached hydrogen (secondary N) is 1. The molecule has 0 aromatic heterocycles. The molecule has 4 nitrogen and oxygen atoms in total. The van der Waals surface area contributed by atoms with E-state index in [-0.39, 0.29) is 5.41 Å². The molecule has 0 radical (unpaired) electrons. The zero-order valence-corrected chi connectivity index (χ0v) is 9.94. The van der Waals surface area contributed by atoms with Crippen LogP contribution in [-0.4, -0.2) is 11.7 Å². The first kappa shape index (κ1) is 11.6. The molecule has 1 atom stereocenters. The van der Waals surface area contributed by atoms with Gasteiger partial charge in [0.1, 0.15) is 0 Å². The van der Waals surface area contributed by atoms with E-state index in [4.69, 9.17) is 5.73 Å². The largest absolute Gasteiger partial charge is 0.350 e. The summed E-state index contributed by atoms with van der Waals surface area (Å²) in [5.74, 6) is 0. The average Bonchev–Trinajstić information content (AvgIpc) is 2.70. The van der Waals surface area contributed by atoms with Gasteiger partial charge in [-0.15, -0.1) is 0 Å². The summed E-state index contributed by atoms with van der Waals surface area (Å²) in [6, 6.07) is 9.65. The summed E-state index contributed by atoms with van der Waals surface area (Å²) < 4.78 is 0. The van der Waals surface area contributed by atoms with E-state index in [9.17, 15) is 4.79 Å². The Balaban J connectivity index is 2.29. The minimum Gasteiger partial charge on any atom is -0.350 e. The van der Waals surface area contributed by atoms with Crippen molar-refractivity contribution in [2.45, 2.75) is 31.6 Å². The van der Waals surface area contributed by atoms with Gasteiger partial charge in [-0.3, -0.25) is 0 Å². The third kappa shape index (κ3) is 2.30. The number of amides is 2. The maximum absolute atomic E-state index is 10.7. The molecular formula is C13H17N3O. The molecule has 90 valence electrons. The summed E-state index contributed by atoms with van der Waals surface area (Å²) in [6.07, 6.45) is 3.05. The summed E-state index contributed by atoms with van der Waals surface area (Å²) in [5.41, 5.74) is 9.54. The van der Waals surface area contributed by atoms with Crippen molar-refractivity contribution >= 4 is 11.7 Å². The lowest BCUT2D eigenvalue weighted by molar-refractivity contribution is 0.249. The molecule has 0 heterocycles. The number of carbonyl (C=O) groups excluding carboxylic acids is 1. The Labute approximate surface area is 101 Å². The molecule has 1 aromatic rings. The third-order valence-electron chi connectivity index (χ3n) is 3.44. The van der Waals surface area contributed by atoms with E-state index in [1.54, 1.807) is 0 Å². The van der Waals surface area contributed by atoms with E-state index >= 15 is 0 Å². The Kier molecular flexibility index (Phi) is 3.13. The van der Waals surface area contributed by atoms with Crippen molar-refractivity contribution in [3.05, 3.63) is 35.9 Å². The van der Waals surface area contributed by atoms with Gasteiger partial charge in [0.05, 0.1) is 0 Å². The van der Waals surface area contributed by atoms with Gasteiger partial charge in [-0.05, 0) is 24.8 Å². The molecule has 3 N–H and O–H groups in total. The second-order valence-corrected chi connectivity index (χ2v) is 4.59. The molecule has 1 aromatic carbocycles. The maximum Gasteiger partial charge on any atom is 0.332 e. The fraction of sp³-hybridized carbons (Fsp3) is 0.385. The van der Waals surface area contributed by atoms with Gasteiger partial charge in [0.15, 0.2) is 0 Å². The normalized spacial score (nSPS) is 26.1. The molecule has 2 amide bonds. The van der Waals surface area contributed by atoms with Crippen LogP contribution in [0.25, 0.3) is 0 Å². The smallest absolute Gasteiger partial charge is 0.332 e. The molecule has 1 fully saturated rings. The number of carbonyl (C=O) groups is 1. The number of primary amides is 1. The monoisotopic (exact) mass is 231 g/mol. The lowest BCUT2D eigenvalue weighted by atomic mass is 9.80. The number of benzene rings is 1. The molecule has 1 unspecified atom stereocenters. The van der Waals surface area contributed by atoms with E-state index in [1.165, 1.54) is 5.56 Å². The first-order valence-corrected chi connectivity index (χ1v) is 5.81. The zero-order valence-electron chi connectivity index (χ0n) is 9.94. The molecule has 17 heavy (non-hydrogen) atoms. The number of nitrogens with two attached hydrogens (primary N) is 1. The second kappa shape index (κ2) is 4.57. The Hall–Kier alpha value is -1.84. The summed E-state index contributed by atoms with van der Waals surface area (Å²) in [4.78, 5) is 10.7. The molecule has 4 heteroatoms. The number of hydrogen-bond acceptors (Lipinski definition) is 2. The SMILES string of the molecule is CC1(c2ccccc2)CCC/C1=N\NC(N)=O. The fourth-order valence-electron chi connectivity index (χ4n) is 2.45. The molecule has 1 saturated carbocycles. The minimum atomic E-state index is -0.611. The number of hydrazone groups is 1. The van der Waals surface area contributed by atoms with E-state index in [0.29, 0.717) is 0 Å². The molecule has 0 aliphatic heterocycles. The van der Waals surface area contributed by atoms with Gasteiger partial charge < -0.3 is 5.73 Å². The van der Waals surface area contributed by atoms with E-state index in [2.05, 4.69) is 29.6 Å². The average molecular weight is 231 g/mol. The van der Waals surface area contributed by atoms with Gasteiger partial charge in [-0.1, -0.05) is 37.3 Å². The van der Waals surface area contributed by atoms with Gasteiger partial charge in [0, 0.05) is 11.1 Å². The molecule has 2 rings (SSSR count). The molecular weight excluding hydrogens is 214 g/mol. The molecule has 1 aliphatic carbocycles. The first-order chi connectivity index (χ1) is 8.13. The third-order valence-corrected chi connectivity index (χ3v) is 3.44. The van der Waals surface area contributed by atoms with Crippen molar-refractivity contribution in [3.8, 4) is 0 Å². The lowest BCUT2D eigenvalue weighted by Gasteiger charge is -2.25. The summed E-state index contributed by atoms with van der Waals surface area (Å²) in [6.45, 7) is 2.16. The van der Waals surface area contributed by atoms with Crippen molar-refractivity contribution in [3.63, 3.8) is 0 Å². The highest BCUT2D eigenvalue weighted by atomic mass is 16.2. The van der Waals surface area contributed by atoms with Crippen LogP contribution in [0.1, 0.15) is 31.7 Å². The summed E-state index contributed by atoms with van der Waals surface area (Å²) in [7, 11) is 0. The number of rotatable bonds is 2. The van der Waals surface area contributed by atoms with E-state index < -0.39 is 6.03 Å². The fourth-order valence-corrected chi connectivity index (χ4v) is 2.45. The standard InChI is InChI=1S/C13H17N3O/c1-13(10-6-3-2-4-7-10)9-5-8-11(13)15-16-12(14)17/h2-4,6-7H,5,8-9H2,1H3,(H3,14,16,17)/b15-11+. The van der Waals surface area contributed by atoms with E-state index in [1.807, 2.05) is 18.2 Å².